The molecule has 0 unspecified atom stereocenters. The van der Waals surface area contributed by atoms with Gasteiger partial charge in [0.2, 0.25) is 0 Å². The monoisotopic (exact) mass is 325 g/mol. The van der Waals surface area contributed by atoms with Crippen LogP contribution < -0.4 is 14.9 Å². The van der Waals surface area contributed by atoms with Crippen molar-refractivity contribution in [3.8, 4) is 11.5 Å². The highest BCUT2D eigenvalue weighted by Gasteiger charge is 2.04. The highest BCUT2D eigenvalue weighted by Crippen LogP contribution is 2.24. The summed E-state index contributed by atoms with van der Waals surface area (Å²) in [6.45, 7) is 0. The van der Waals surface area contributed by atoms with E-state index >= 15 is 0 Å². The van der Waals surface area contributed by atoms with Gasteiger partial charge >= 0.3 is 0 Å². The van der Waals surface area contributed by atoms with Crippen molar-refractivity contribution >= 4 is 35.2 Å². The quantitative estimate of drug-likeness (QED) is 0.670. The Morgan fingerprint density at radius 1 is 1.19 bits per heavy atom. The number of aromatic nitrogens is 1. The topological polar surface area (TPSA) is 55.7 Å². The van der Waals surface area contributed by atoms with Crippen LogP contribution in [0.5, 0.6) is 11.5 Å². The Labute approximate surface area is 132 Å². The maximum absolute atomic E-state index is 5.98. The Balaban J connectivity index is 2.14. The summed E-state index contributed by atoms with van der Waals surface area (Å²) in [5.74, 6) is 1.78. The largest absolute Gasteiger partial charge is 0.497 e. The molecular formula is C14H13Cl2N3O2. The van der Waals surface area contributed by atoms with Gasteiger partial charge in [-0.25, -0.2) is 4.98 Å². The van der Waals surface area contributed by atoms with E-state index in [9.17, 15) is 0 Å². The second-order valence-electron chi connectivity index (χ2n) is 3.96. The number of hydrogen-bond acceptors (Lipinski definition) is 5. The SMILES string of the molecule is COc1ccc(/C=N\Nc2ncc(Cl)cc2Cl)c(OC)c1. The summed E-state index contributed by atoms with van der Waals surface area (Å²) in [7, 11) is 3.18. The molecule has 7 heteroatoms. The van der Waals surface area contributed by atoms with Crippen LogP contribution in [0.3, 0.4) is 0 Å². The van der Waals surface area contributed by atoms with Gasteiger partial charge in [-0.2, -0.15) is 5.10 Å². The van der Waals surface area contributed by atoms with Gasteiger partial charge in [0.1, 0.15) is 11.5 Å². The van der Waals surface area contributed by atoms with Crippen molar-refractivity contribution in [2.24, 2.45) is 5.10 Å². The Morgan fingerprint density at radius 3 is 2.67 bits per heavy atom. The van der Waals surface area contributed by atoms with Gasteiger partial charge in [0, 0.05) is 17.8 Å². The van der Waals surface area contributed by atoms with Gasteiger partial charge in [-0.15, -0.1) is 0 Å². The lowest BCUT2D eigenvalue weighted by Gasteiger charge is -2.07. The molecular weight excluding hydrogens is 313 g/mol. The summed E-state index contributed by atoms with van der Waals surface area (Å²) in [4.78, 5) is 4.04. The second-order valence-corrected chi connectivity index (χ2v) is 4.81. The fourth-order valence-corrected chi connectivity index (χ4v) is 2.01. The molecule has 1 N–H and O–H groups in total. The minimum atomic E-state index is 0.390. The van der Waals surface area contributed by atoms with E-state index in [2.05, 4.69) is 15.5 Å². The van der Waals surface area contributed by atoms with Crippen LogP contribution in [0, 0.1) is 0 Å². The fraction of sp³-hybridized carbons (Fsp3) is 0.143. The first-order chi connectivity index (χ1) is 10.1. The van der Waals surface area contributed by atoms with Gasteiger partial charge < -0.3 is 9.47 Å². The zero-order chi connectivity index (χ0) is 15.2. The number of nitrogens with one attached hydrogen (secondary N) is 1. The standard InChI is InChI=1S/C14H13Cl2N3O2/c1-20-11-4-3-9(13(6-11)21-2)7-18-19-14-12(16)5-10(15)8-17-14/h3-8H,1-2H3,(H,17,19)/b18-7-. The second kappa shape index (κ2) is 7.15. The third-order valence-corrected chi connectivity index (χ3v) is 3.12. The lowest BCUT2D eigenvalue weighted by atomic mass is 10.2. The predicted octanol–water partition coefficient (Wildman–Crippen LogP) is 3.85. The van der Waals surface area contributed by atoms with E-state index in [1.165, 1.54) is 6.20 Å². The Morgan fingerprint density at radius 2 is 2.00 bits per heavy atom. The summed E-state index contributed by atoms with van der Waals surface area (Å²) in [6.07, 6.45) is 3.09. The molecule has 0 aliphatic rings. The Kier molecular flexibility index (Phi) is 5.25. The van der Waals surface area contributed by atoms with E-state index in [-0.39, 0.29) is 0 Å². The van der Waals surface area contributed by atoms with Crippen molar-refractivity contribution in [2.45, 2.75) is 0 Å². The summed E-state index contributed by atoms with van der Waals surface area (Å²) in [5, 5.41) is 4.93. The molecule has 1 aromatic carbocycles. The first-order valence-electron chi connectivity index (χ1n) is 5.96. The minimum absolute atomic E-state index is 0.390. The van der Waals surface area contributed by atoms with E-state index in [0.717, 1.165) is 5.56 Å². The van der Waals surface area contributed by atoms with E-state index in [1.807, 2.05) is 12.1 Å². The number of ether oxygens (including phenoxy) is 2. The molecule has 0 amide bonds. The molecule has 0 aliphatic heterocycles. The molecule has 0 radical (unpaired) electrons. The first kappa shape index (κ1) is 15.4. The number of hydrazone groups is 1. The molecule has 2 rings (SSSR count). The molecule has 0 saturated heterocycles. The molecule has 0 fully saturated rings. The number of rotatable bonds is 5. The maximum Gasteiger partial charge on any atom is 0.165 e. The first-order valence-corrected chi connectivity index (χ1v) is 6.71. The molecule has 21 heavy (non-hydrogen) atoms. The van der Waals surface area contributed by atoms with Gasteiger partial charge in [0.25, 0.3) is 0 Å². The van der Waals surface area contributed by atoms with Gasteiger partial charge in [-0.3, -0.25) is 5.43 Å². The smallest absolute Gasteiger partial charge is 0.165 e. The van der Waals surface area contributed by atoms with Crippen molar-refractivity contribution in [2.75, 3.05) is 19.6 Å². The van der Waals surface area contributed by atoms with Gasteiger partial charge in [-0.1, -0.05) is 23.2 Å². The Hall–Kier alpha value is -1.98. The summed E-state index contributed by atoms with van der Waals surface area (Å²) >= 11 is 11.8. The van der Waals surface area contributed by atoms with Gasteiger partial charge in [0.05, 0.1) is 30.5 Å². The van der Waals surface area contributed by atoms with Crippen molar-refractivity contribution in [1.82, 2.24) is 4.98 Å². The molecule has 1 aromatic heterocycles. The van der Waals surface area contributed by atoms with Crippen LogP contribution in [0.4, 0.5) is 5.82 Å². The third kappa shape index (κ3) is 4.00. The van der Waals surface area contributed by atoms with Gasteiger partial charge in [-0.05, 0) is 18.2 Å². The van der Waals surface area contributed by atoms with Crippen LogP contribution in [0.2, 0.25) is 10.0 Å². The molecule has 1 heterocycles. The zero-order valence-corrected chi connectivity index (χ0v) is 12.9. The highest BCUT2D eigenvalue weighted by atomic mass is 35.5. The zero-order valence-electron chi connectivity index (χ0n) is 11.4. The number of halogens is 2. The third-order valence-electron chi connectivity index (χ3n) is 2.62. The highest BCUT2D eigenvalue weighted by molar-refractivity contribution is 6.35. The molecule has 0 spiro atoms. The van der Waals surface area contributed by atoms with E-state index in [1.54, 1.807) is 32.6 Å². The van der Waals surface area contributed by atoms with Crippen LogP contribution >= 0.6 is 23.2 Å². The van der Waals surface area contributed by atoms with Crippen LogP contribution in [-0.2, 0) is 0 Å². The van der Waals surface area contributed by atoms with Crippen LogP contribution in [-0.4, -0.2) is 25.4 Å². The molecule has 0 atom stereocenters. The van der Waals surface area contributed by atoms with E-state index in [0.29, 0.717) is 27.4 Å². The lowest BCUT2D eigenvalue weighted by Crippen LogP contribution is -1.96. The molecule has 0 saturated carbocycles. The van der Waals surface area contributed by atoms with Crippen molar-refractivity contribution < 1.29 is 9.47 Å². The van der Waals surface area contributed by atoms with Crippen molar-refractivity contribution in [1.29, 1.82) is 0 Å². The predicted molar refractivity (Wildman–Crippen MR) is 85.0 cm³/mol. The van der Waals surface area contributed by atoms with Crippen LogP contribution in [0.15, 0.2) is 35.6 Å². The van der Waals surface area contributed by atoms with E-state index < -0.39 is 0 Å². The summed E-state index contributed by atoms with van der Waals surface area (Å²) in [6, 6.07) is 7.01. The minimum Gasteiger partial charge on any atom is -0.497 e. The maximum atomic E-state index is 5.98. The normalized spacial score (nSPS) is 10.7. The van der Waals surface area contributed by atoms with E-state index in [4.69, 9.17) is 32.7 Å². The molecule has 0 bridgehead atoms. The molecule has 2 aromatic rings. The average molecular weight is 326 g/mol. The van der Waals surface area contributed by atoms with Gasteiger partial charge in [0.15, 0.2) is 5.82 Å². The summed E-state index contributed by atoms with van der Waals surface area (Å²) in [5.41, 5.74) is 3.54. The average Bonchev–Trinajstić information content (AvgIpc) is 2.49. The van der Waals surface area contributed by atoms with Crippen molar-refractivity contribution in [3.05, 3.63) is 46.1 Å². The lowest BCUT2D eigenvalue weighted by molar-refractivity contribution is 0.394. The molecule has 5 nitrogen and oxygen atoms in total. The number of anilines is 1. The number of hydrogen-bond donors (Lipinski definition) is 1. The van der Waals surface area contributed by atoms with Crippen LogP contribution in [0.25, 0.3) is 0 Å². The Bertz CT molecular complexity index is 663. The molecule has 0 aliphatic carbocycles. The van der Waals surface area contributed by atoms with Crippen molar-refractivity contribution in [3.63, 3.8) is 0 Å². The summed E-state index contributed by atoms with van der Waals surface area (Å²) < 4.78 is 10.4. The fourth-order valence-electron chi connectivity index (χ4n) is 1.58. The number of methoxy groups -OCH3 is 2. The number of benzene rings is 1. The van der Waals surface area contributed by atoms with Crippen LogP contribution in [0.1, 0.15) is 5.56 Å². The number of nitrogens with zero attached hydrogens (tertiary/aromatic N) is 2. The number of pyridine rings is 1. The molecule has 110 valence electrons.